The number of hydrogen-bond acceptors (Lipinski definition) is 7. The van der Waals surface area contributed by atoms with Gasteiger partial charge in [0.15, 0.2) is 11.5 Å². The van der Waals surface area contributed by atoms with Crippen molar-refractivity contribution in [1.29, 1.82) is 0 Å². The second-order valence-corrected chi connectivity index (χ2v) is 12.7. The molecule has 0 aliphatic carbocycles. The van der Waals surface area contributed by atoms with Gasteiger partial charge in [-0.15, -0.1) is 5.10 Å². The number of benzene rings is 4. The molecule has 0 bridgehead atoms. The highest BCUT2D eigenvalue weighted by Gasteiger charge is 2.35. The minimum Gasteiger partial charge on any atom is -0.490 e. The summed E-state index contributed by atoms with van der Waals surface area (Å²) in [6.07, 6.45) is 0. The lowest BCUT2D eigenvalue weighted by Gasteiger charge is -2.29. The van der Waals surface area contributed by atoms with Gasteiger partial charge >= 0.3 is 0 Å². The summed E-state index contributed by atoms with van der Waals surface area (Å²) in [5, 5.41) is 12.5. The zero-order chi connectivity index (χ0) is 32.0. The summed E-state index contributed by atoms with van der Waals surface area (Å²) in [4.78, 5) is 18.8. The smallest absolute Gasteiger partial charge is 0.255 e. The van der Waals surface area contributed by atoms with Gasteiger partial charge < -0.3 is 20.1 Å². The van der Waals surface area contributed by atoms with Crippen molar-refractivity contribution < 1.29 is 14.3 Å². The molecule has 0 fully saturated rings. The third-order valence-corrected chi connectivity index (χ3v) is 9.14. The van der Waals surface area contributed by atoms with Crippen molar-refractivity contribution in [2.24, 2.45) is 0 Å². The molecular formula is C35H31BrClN5O3S. The topological polar surface area (TPSA) is 90.3 Å². The van der Waals surface area contributed by atoms with Crippen molar-refractivity contribution in [3.63, 3.8) is 0 Å². The number of anilines is 2. The first-order chi connectivity index (χ1) is 22.4. The van der Waals surface area contributed by atoms with Gasteiger partial charge in [-0.3, -0.25) is 4.79 Å². The summed E-state index contributed by atoms with van der Waals surface area (Å²) in [6, 6.07) is 30.3. The lowest BCUT2D eigenvalue weighted by molar-refractivity contribution is -0.113. The third kappa shape index (κ3) is 7.09. The molecule has 1 unspecified atom stereocenters. The molecule has 4 aromatic carbocycles. The van der Waals surface area contributed by atoms with Crippen molar-refractivity contribution in [3.8, 4) is 11.5 Å². The van der Waals surface area contributed by atoms with E-state index >= 15 is 0 Å². The second-order valence-electron chi connectivity index (χ2n) is 10.5. The molecule has 2 heterocycles. The van der Waals surface area contributed by atoms with E-state index in [1.54, 1.807) is 4.68 Å². The molecule has 8 nitrogen and oxygen atoms in total. The van der Waals surface area contributed by atoms with Crippen LogP contribution in [0.4, 0.5) is 11.6 Å². The molecule has 11 heteroatoms. The summed E-state index contributed by atoms with van der Waals surface area (Å²) < 4.78 is 14.8. The number of carbonyl (C=O) groups excluding carboxylic acids is 1. The first-order valence-corrected chi connectivity index (χ1v) is 16.9. The zero-order valence-electron chi connectivity index (χ0n) is 25.2. The highest BCUT2D eigenvalue weighted by Crippen LogP contribution is 2.44. The van der Waals surface area contributed by atoms with E-state index in [0.717, 1.165) is 16.7 Å². The van der Waals surface area contributed by atoms with Crippen molar-refractivity contribution in [2.45, 2.75) is 37.4 Å². The second kappa shape index (κ2) is 14.5. The molecule has 234 valence electrons. The quantitative estimate of drug-likeness (QED) is 0.132. The number of carbonyl (C=O) groups is 1. The Hall–Kier alpha value is -4.25. The van der Waals surface area contributed by atoms with Crippen molar-refractivity contribution in [3.05, 3.63) is 135 Å². The molecule has 6 rings (SSSR count). The van der Waals surface area contributed by atoms with Gasteiger partial charge in [0, 0.05) is 22.2 Å². The van der Waals surface area contributed by atoms with Crippen molar-refractivity contribution in [2.75, 3.05) is 17.2 Å². The maximum Gasteiger partial charge on any atom is 0.255 e. The third-order valence-electron chi connectivity index (χ3n) is 7.30. The normalized spacial score (nSPS) is 14.0. The van der Waals surface area contributed by atoms with Gasteiger partial charge in [0.1, 0.15) is 12.6 Å². The molecule has 0 spiro atoms. The Morgan fingerprint density at radius 2 is 1.74 bits per heavy atom. The number of hydrogen-bond donors (Lipinski definition) is 2. The molecule has 2 N–H and O–H groups in total. The fraction of sp³-hybridized carbons (Fsp3) is 0.171. The summed E-state index contributed by atoms with van der Waals surface area (Å²) in [7, 11) is 0. The Labute approximate surface area is 285 Å². The molecule has 1 amide bonds. The van der Waals surface area contributed by atoms with E-state index in [2.05, 4.69) is 26.6 Å². The van der Waals surface area contributed by atoms with E-state index < -0.39 is 6.04 Å². The number of nitrogens with zero attached hydrogens (tertiary/aromatic N) is 3. The highest BCUT2D eigenvalue weighted by molar-refractivity contribution is 9.10. The average Bonchev–Trinajstić information content (AvgIpc) is 3.46. The number of aromatic nitrogens is 3. The Kier molecular flexibility index (Phi) is 9.97. The van der Waals surface area contributed by atoms with Crippen LogP contribution in [0.2, 0.25) is 5.02 Å². The summed E-state index contributed by atoms with van der Waals surface area (Å²) >= 11 is 11.6. The van der Waals surface area contributed by atoms with E-state index in [1.165, 1.54) is 11.8 Å². The number of halogens is 2. The van der Waals surface area contributed by atoms with Crippen LogP contribution in [-0.2, 0) is 17.2 Å². The molecule has 0 radical (unpaired) electrons. The molecule has 0 saturated carbocycles. The van der Waals surface area contributed by atoms with E-state index in [1.807, 2.05) is 111 Å². The van der Waals surface area contributed by atoms with E-state index in [4.69, 9.17) is 31.2 Å². The van der Waals surface area contributed by atoms with E-state index in [0.29, 0.717) is 68.0 Å². The number of fused-ring (bicyclic) bond motifs is 1. The van der Waals surface area contributed by atoms with Crippen molar-refractivity contribution in [1.82, 2.24) is 14.8 Å². The van der Waals surface area contributed by atoms with Crippen LogP contribution >= 0.6 is 39.3 Å². The molecule has 1 aliphatic heterocycles. The van der Waals surface area contributed by atoms with Crippen LogP contribution in [0.1, 0.15) is 36.6 Å². The highest BCUT2D eigenvalue weighted by atomic mass is 79.9. The van der Waals surface area contributed by atoms with E-state index in [-0.39, 0.29) is 5.91 Å². The lowest BCUT2D eigenvalue weighted by atomic mass is 9.94. The van der Waals surface area contributed by atoms with Crippen LogP contribution in [0.15, 0.2) is 118 Å². The fourth-order valence-corrected chi connectivity index (χ4v) is 6.84. The van der Waals surface area contributed by atoms with Gasteiger partial charge in [-0.1, -0.05) is 90.1 Å². The first-order valence-electron chi connectivity index (χ1n) is 14.7. The van der Waals surface area contributed by atoms with E-state index in [9.17, 15) is 4.79 Å². The van der Waals surface area contributed by atoms with Gasteiger partial charge in [-0.05, 0) is 76.8 Å². The maximum absolute atomic E-state index is 14.0. The molecule has 1 aromatic heterocycles. The summed E-state index contributed by atoms with van der Waals surface area (Å²) in [6.45, 7) is 4.59. The number of nitrogens with one attached hydrogen (secondary N) is 2. The minimum absolute atomic E-state index is 0.258. The number of ether oxygens (including phenoxy) is 2. The lowest BCUT2D eigenvalue weighted by Crippen LogP contribution is -2.31. The van der Waals surface area contributed by atoms with Crippen LogP contribution in [0, 0.1) is 0 Å². The molecule has 1 atom stereocenters. The Morgan fingerprint density at radius 3 is 2.48 bits per heavy atom. The van der Waals surface area contributed by atoms with Gasteiger partial charge in [-0.25, -0.2) is 4.68 Å². The summed E-state index contributed by atoms with van der Waals surface area (Å²) in [5.74, 6) is 1.99. The van der Waals surface area contributed by atoms with Crippen LogP contribution in [0.5, 0.6) is 11.5 Å². The number of para-hydroxylation sites is 1. The van der Waals surface area contributed by atoms with Gasteiger partial charge in [-0.2, -0.15) is 4.98 Å². The summed E-state index contributed by atoms with van der Waals surface area (Å²) in [5.41, 5.74) is 4.64. The monoisotopic (exact) mass is 715 g/mol. The van der Waals surface area contributed by atoms with Crippen molar-refractivity contribution >= 4 is 56.8 Å². The number of amides is 1. The Balaban J connectivity index is 1.39. The van der Waals surface area contributed by atoms with Crippen LogP contribution < -0.4 is 20.1 Å². The van der Waals surface area contributed by atoms with Gasteiger partial charge in [0.2, 0.25) is 11.1 Å². The molecule has 5 aromatic rings. The number of rotatable bonds is 11. The maximum atomic E-state index is 14.0. The number of allylic oxidation sites excluding steroid dienone is 1. The van der Waals surface area contributed by atoms with Crippen LogP contribution in [-0.4, -0.2) is 27.3 Å². The zero-order valence-corrected chi connectivity index (χ0v) is 28.3. The average molecular weight is 717 g/mol. The molecule has 0 saturated heterocycles. The Morgan fingerprint density at radius 1 is 1.02 bits per heavy atom. The largest absolute Gasteiger partial charge is 0.490 e. The van der Waals surface area contributed by atoms with Gasteiger partial charge in [0.05, 0.1) is 16.7 Å². The minimum atomic E-state index is -0.624. The predicted octanol–water partition coefficient (Wildman–Crippen LogP) is 8.89. The van der Waals surface area contributed by atoms with Gasteiger partial charge in [0.25, 0.3) is 5.91 Å². The number of thioether (sulfide) groups is 1. The first kappa shape index (κ1) is 31.7. The fourth-order valence-electron chi connectivity index (χ4n) is 5.15. The standard InChI is InChI=1S/C35H31BrClN5O3S/c1-3-44-29-19-25(18-27(36)32(29)45-20-23-12-6-4-7-13-23)31-30(33(43)39-26-15-8-5-9-16-26)22(2)38-34-40-35(41-42(31)34)46-21-24-14-10-11-17-28(24)37/h4-19,31H,3,20-21H2,1-2H3,(H,39,43)(H,38,40,41). The molecular weight excluding hydrogens is 686 g/mol. The van der Waals surface area contributed by atoms with Crippen LogP contribution in [0.25, 0.3) is 0 Å². The Bertz CT molecular complexity index is 1880. The predicted molar refractivity (Wildman–Crippen MR) is 187 cm³/mol. The SMILES string of the molecule is CCOc1cc(C2C(C(=O)Nc3ccccc3)=C(C)Nc3nc(SCc4ccccc4Cl)nn32)cc(Br)c1OCc1ccccc1. The molecule has 46 heavy (non-hydrogen) atoms. The molecule has 1 aliphatic rings. The van der Waals surface area contributed by atoms with Crippen LogP contribution in [0.3, 0.4) is 0 Å².